The van der Waals surface area contributed by atoms with Gasteiger partial charge in [-0.1, -0.05) is 40.5 Å². The zero-order valence-corrected chi connectivity index (χ0v) is 14.2. The summed E-state index contributed by atoms with van der Waals surface area (Å²) in [5.74, 6) is 0.841. The third-order valence-corrected chi connectivity index (χ3v) is 5.91. The second-order valence-electron chi connectivity index (χ2n) is 8.26. The van der Waals surface area contributed by atoms with Crippen molar-refractivity contribution in [3.63, 3.8) is 0 Å². The molecule has 2 fully saturated rings. The summed E-state index contributed by atoms with van der Waals surface area (Å²) in [4.78, 5) is 2.82. The van der Waals surface area contributed by atoms with Gasteiger partial charge in [0.1, 0.15) is 0 Å². The van der Waals surface area contributed by atoms with E-state index in [1.807, 2.05) is 0 Å². The average molecular weight is 280 g/mol. The third kappa shape index (κ3) is 3.76. The normalized spacial score (nSPS) is 37.6. The molecular weight excluding hydrogens is 244 g/mol. The van der Waals surface area contributed by atoms with Gasteiger partial charge in [-0.15, -0.1) is 0 Å². The summed E-state index contributed by atoms with van der Waals surface area (Å²) >= 11 is 0. The van der Waals surface area contributed by atoms with Crippen molar-refractivity contribution in [2.75, 3.05) is 6.54 Å². The lowest BCUT2D eigenvalue weighted by Crippen LogP contribution is -2.55. The van der Waals surface area contributed by atoms with Crippen LogP contribution in [0.3, 0.4) is 0 Å². The molecule has 1 saturated carbocycles. The van der Waals surface area contributed by atoms with Crippen molar-refractivity contribution in [3.8, 4) is 0 Å². The molecule has 0 aromatic heterocycles. The molecule has 0 radical (unpaired) electrons. The van der Waals surface area contributed by atoms with Crippen LogP contribution < -0.4 is 5.73 Å². The van der Waals surface area contributed by atoms with E-state index >= 15 is 0 Å². The fourth-order valence-electron chi connectivity index (χ4n) is 4.41. The molecule has 20 heavy (non-hydrogen) atoms. The second kappa shape index (κ2) is 6.79. The van der Waals surface area contributed by atoms with Gasteiger partial charge in [-0.25, -0.2) is 0 Å². The van der Waals surface area contributed by atoms with E-state index in [1.54, 1.807) is 0 Å². The summed E-state index contributed by atoms with van der Waals surface area (Å²) in [6, 6.07) is 1.82. The van der Waals surface area contributed by atoms with E-state index in [4.69, 9.17) is 5.73 Å². The maximum absolute atomic E-state index is 6.54. The highest BCUT2D eigenvalue weighted by Crippen LogP contribution is 2.40. The topological polar surface area (TPSA) is 29.3 Å². The summed E-state index contributed by atoms with van der Waals surface area (Å²) in [6.07, 6.45) is 10.8. The van der Waals surface area contributed by atoms with Crippen LogP contribution in [0.15, 0.2) is 0 Å². The molecule has 2 nitrogen and oxygen atoms in total. The van der Waals surface area contributed by atoms with E-state index in [9.17, 15) is 0 Å². The van der Waals surface area contributed by atoms with Crippen LogP contribution in [0.2, 0.25) is 0 Å². The number of nitrogens with two attached hydrogens (primary N) is 1. The van der Waals surface area contributed by atoms with Crippen LogP contribution in [0.25, 0.3) is 0 Å². The Morgan fingerprint density at radius 3 is 2.45 bits per heavy atom. The SMILES string of the molecule is CCC1CCCCCN1C1CC(C(C)(C)C)CCC1N. The van der Waals surface area contributed by atoms with Gasteiger partial charge in [0.05, 0.1) is 0 Å². The number of likely N-dealkylation sites (tertiary alicyclic amines) is 1. The Kier molecular flexibility index (Phi) is 5.53. The van der Waals surface area contributed by atoms with Crippen molar-refractivity contribution in [2.24, 2.45) is 17.1 Å². The van der Waals surface area contributed by atoms with Gasteiger partial charge in [0, 0.05) is 18.1 Å². The third-order valence-electron chi connectivity index (χ3n) is 5.91. The minimum atomic E-state index is 0.403. The summed E-state index contributed by atoms with van der Waals surface area (Å²) in [5.41, 5.74) is 6.98. The number of nitrogens with zero attached hydrogens (tertiary/aromatic N) is 1. The Labute approximate surface area is 126 Å². The first-order chi connectivity index (χ1) is 9.43. The fraction of sp³-hybridized carbons (Fsp3) is 1.00. The quantitative estimate of drug-likeness (QED) is 0.822. The lowest BCUT2D eigenvalue weighted by Gasteiger charge is -2.47. The second-order valence-corrected chi connectivity index (χ2v) is 8.26. The number of rotatable bonds is 2. The van der Waals surface area contributed by atoms with Crippen LogP contribution in [-0.4, -0.2) is 29.6 Å². The van der Waals surface area contributed by atoms with Gasteiger partial charge in [-0.3, -0.25) is 4.90 Å². The predicted octanol–water partition coefficient (Wildman–Crippen LogP) is 4.18. The van der Waals surface area contributed by atoms with Crippen molar-refractivity contribution >= 4 is 0 Å². The molecule has 0 aromatic rings. The molecule has 1 aliphatic carbocycles. The molecule has 1 heterocycles. The molecule has 0 amide bonds. The largest absolute Gasteiger partial charge is 0.326 e. The molecular formula is C18H36N2. The number of hydrogen-bond donors (Lipinski definition) is 1. The van der Waals surface area contributed by atoms with Gasteiger partial charge >= 0.3 is 0 Å². The first kappa shape index (κ1) is 16.3. The Morgan fingerprint density at radius 2 is 1.80 bits per heavy atom. The Bertz CT molecular complexity index is 294. The van der Waals surface area contributed by atoms with E-state index in [0.29, 0.717) is 17.5 Å². The van der Waals surface area contributed by atoms with Crippen molar-refractivity contribution in [3.05, 3.63) is 0 Å². The minimum Gasteiger partial charge on any atom is -0.326 e. The van der Waals surface area contributed by atoms with Gasteiger partial charge in [0.15, 0.2) is 0 Å². The van der Waals surface area contributed by atoms with Crippen molar-refractivity contribution < 1.29 is 0 Å². The predicted molar refractivity (Wildman–Crippen MR) is 87.8 cm³/mol. The summed E-state index contributed by atoms with van der Waals surface area (Å²) in [6.45, 7) is 10.9. The van der Waals surface area contributed by atoms with Crippen LogP contribution in [0.4, 0.5) is 0 Å². The molecule has 4 unspecified atom stereocenters. The van der Waals surface area contributed by atoms with Crippen LogP contribution in [0, 0.1) is 11.3 Å². The van der Waals surface area contributed by atoms with E-state index in [0.717, 1.165) is 12.0 Å². The van der Waals surface area contributed by atoms with Crippen molar-refractivity contribution in [1.29, 1.82) is 0 Å². The first-order valence-electron chi connectivity index (χ1n) is 8.94. The van der Waals surface area contributed by atoms with E-state index < -0.39 is 0 Å². The first-order valence-corrected chi connectivity index (χ1v) is 8.94. The maximum Gasteiger partial charge on any atom is 0.0252 e. The highest BCUT2D eigenvalue weighted by atomic mass is 15.2. The van der Waals surface area contributed by atoms with Crippen LogP contribution >= 0.6 is 0 Å². The monoisotopic (exact) mass is 280 g/mol. The van der Waals surface area contributed by atoms with Gasteiger partial charge < -0.3 is 5.73 Å². The summed E-state index contributed by atoms with van der Waals surface area (Å²) in [7, 11) is 0. The maximum atomic E-state index is 6.54. The molecule has 0 aromatic carbocycles. The molecule has 4 atom stereocenters. The van der Waals surface area contributed by atoms with E-state index in [2.05, 4.69) is 32.6 Å². The van der Waals surface area contributed by atoms with E-state index in [-0.39, 0.29) is 0 Å². The molecule has 0 bridgehead atoms. The van der Waals surface area contributed by atoms with Crippen LogP contribution in [0.5, 0.6) is 0 Å². The molecule has 2 heteroatoms. The zero-order valence-electron chi connectivity index (χ0n) is 14.2. The molecule has 2 rings (SSSR count). The highest BCUT2D eigenvalue weighted by molar-refractivity contribution is 4.95. The Balaban J connectivity index is 2.10. The smallest absolute Gasteiger partial charge is 0.0252 e. The molecule has 2 N–H and O–H groups in total. The minimum absolute atomic E-state index is 0.403. The van der Waals surface area contributed by atoms with Gasteiger partial charge in [-0.2, -0.15) is 0 Å². The zero-order chi connectivity index (χ0) is 14.8. The lowest BCUT2D eigenvalue weighted by molar-refractivity contribution is 0.0423. The van der Waals surface area contributed by atoms with Crippen LogP contribution in [0.1, 0.15) is 79.1 Å². The summed E-state index contributed by atoms with van der Waals surface area (Å²) < 4.78 is 0. The van der Waals surface area contributed by atoms with Crippen molar-refractivity contribution in [1.82, 2.24) is 4.90 Å². The van der Waals surface area contributed by atoms with Crippen LogP contribution in [-0.2, 0) is 0 Å². The molecule has 0 spiro atoms. The number of hydrogen-bond acceptors (Lipinski definition) is 2. The molecule has 118 valence electrons. The molecule has 2 aliphatic rings. The lowest BCUT2D eigenvalue weighted by atomic mass is 9.69. The van der Waals surface area contributed by atoms with Gasteiger partial charge in [-0.05, 0) is 56.4 Å². The van der Waals surface area contributed by atoms with Crippen molar-refractivity contribution in [2.45, 2.75) is 97.2 Å². The molecule has 1 saturated heterocycles. The Hall–Kier alpha value is -0.0800. The Morgan fingerprint density at radius 1 is 1.05 bits per heavy atom. The van der Waals surface area contributed by atoms with E-state index in [1.165, 1.54) is 57.9 Å². The van der Waals surface area contributed by atoms with Gasteiger partial charge in [0.25, 0.3) is 0 Å². The average Bonchev–Trinajstić information content (AvgIpc) is 2.62. The highest BCUT2D eigenvalue weighted by Gasteiger charge is 2.38. The van der Waals surface area contributed by atoms with Gasteiger partial charge in [0.2, 0.25) is 0 Å². The summed E-state index contributed by atoms with van der Waals surface area (Å²) in [5, 5.41) is 0. The fourth-order valence-corrected chi connectivity index (χ4v) is 4.41. The standard InChI is InChI=1S/C18H36N2/c1-5-15-9-7-6-8-12-20(15)17-13-14(18(2,3)4)10-11-16(17)19/h14-17H,5-13,19H2,1-4H3. The molecule has 1 aliphatic heterocycles.